The number of aryl methyl sites for hydroxylation is 1. The normalized spacial score (nSPS) is 20.1. The molecule has 1 aliphatic carbocycles. The summed E-state index contributed by atoms with van der Waals surface area (Å²) >= 11 is 0. The SMILES string of the molecule is CN(C)CC=C1CC=NC2=C1CCc1ccccc1C2. The molecule has 0 atom stereocenters. The van der Waals surface area contributed by atoms with Gasteiger partial charge in [0.05, 0.1) is 0 Å². The lowest BCUT2D eigenvalue weighted by Gasteiger charge is -2.17. The molecule has 0 radical (unpaired) electrons. The van der Waals surface area contributed by atoms with Gasteiger partial charge < -0.3 is 4.90 Å². The van der Waals surface area contributed by atoms with Crippen LogP contribution in [0.2, 0.25) is 0 Å². The highest BCUT2D eigenvalue weighted by molar-refractivity contribution is 5.69. The van der Waals surface area contributed by atoms with Crippen molar-refractivity contribution in [1.82, 2.24) is 4.90 Å². The number of fused-ring (bicyclic) bond motifs is 1. The van der Waals surface area contributed by atoms with Gasteiger partial charge in [0.1, 0.15) is 0 Å². The van der Waals surface area contributed by atoms with Gasteiger partial charge in [-0.3, -0.25) is 4.99 Å². The number of likely N-dealkylation sites (N-methyl/N-ethyl adjacent to an activating group) is 1. The van der Waals surface area contributed by atoms with Crippen molar-refractivity contribution in [1.29, 1.82) is 0 Å². The van der Waals surface area contributed by atoms with E-state index in [0.29, 0.717) is 0 Å². The van der Waals surface area contributed by atoms with Gasteiger partial charge in [0, 0.05) is 31.3 Å². The van der Waals surface area contributed by atoms with Crippen LogP contribution >= 0.6 is 0 Å². The largest absolute Gasteiger partial charge is 0.306 e. The van der Waals surface area contributed by atoms with Crippen LogP contribution < -0.4 is 0 Å². The number of hydrogen-bond donors (Lipinski definition) is 0. The molecule has 0 fully saturated rings. The summed E-state index contributed by atoms with van der Waals surface area (Å²) in [4.78, 5) is 6.90. The second kappa shape index (κ2) is 5.76. The highest BCUT2D eigenvalue weighted by atomic mass is 15.0. The molecular weight excluding hydrogens is 244 g/mol. The smallest absolute Gasteiger partial charge is 0.0478 e. The Labute approximate surface area is 121 Å². The first-order valence-electron chi connectivity index (χ1n) is 7.39. The highest BCUT2D eigenvalue weighted by Crippen LogP contribution is 2.33. The minimum atomic E-state index is 0.987. The summed E-state index contributed by atoms with van der Waals surface area (Å²) < 4.78 is 0. The van der Waals surface area contributed by atoms with Crippen LogP contribution in [0, 0.1) is 0 Å². The summed E-state index contributed by atoms with van der Waals surface area (Å²) in [5, 5.41) is 0. The van der Waals surface area contributed by atoms with Crippen molar-refractivity contribution in [3.05, 3.63) is 58.3 Å². The van der Waals surface area contributed by atoms with Crippen LogP contribution in [0.1, 0.15) is 24.0 Å². The number of hydrogen-bond acceptors (Lipinski definition) is 2. The molecule has 0 unspecified atom stereocenters. The lowest BCUT2D eigenvalue weighted by molar-refractivity contribution is 0.455. The van der Waals surface area contributed by atoms with Gasteiger partial charge in [-0.1, -0.05) is 30.3 Å². The van der Waals surface area contributed by atoms with Gasteiger partial charge in [0.2, 0.25) is 0 Å². The maximum absolute atomic E-state index is 4.69. The lowest BCUT2D eigenvalue weighted by Crippen LogP contribution is -2.12. The average molecular weight is 266 g/mol. The second-order valence-electron chi connectivity index (χ2n) is 5.88. The van der Waals surface area contributed by atoms with Crippen molar-refractivity contribution in [2.45, 2.75) is 25.7 Å². The molecule has 2 nitrogen and oxygen atoms in total. The van der Waals surface area contributed by atoms with Crippen molar-refractivity contribution in [2.24, 2.45) is 4.99 Å². The Morgan fingerprint density at radius 1 is 1.15 bits per heavy atom. The molecule has 0 saturated carbocycles. The molecule has 0 spiro atoms. The van der Waals surface area contributed by atoms with Crippen molar-refractivity contribution < 1.29 is 0 Å². The van der Waals surface area contributed by atoms with E-state index in [-0.39, 0.29) is 0 Å². The van der Waals surface area contributed by atoms with Gasteiger partial charge in [0.15, 0.2) is 0 Å². The van der Waals surface area contributed by atoms with E-state index < -0.39 is 0 Å². The third-order valence-corrected chi connectivity index (χ3v) is 4.12. The lowest BCUT2D eigenvalue weighted by atomic mass is 9.94. The molecule has 2 heteroatoms. The maximum Gasteiger partial charge on any atom is 0.0478 e. The predicted molar refractivity (Wildman–Crippen MR) is 85.2 cm³/mol. The van der Waals surface area contributed by atoms with E-state index in [1.807, 2.05) is 0 Å². The van der Waals surface area contributed by atoms with E-state index in [2.05, 4.69) is 60.5 Å². The van der Waals surface area contributed by atoms with Crippen LogP contribution in [-0.4, -0.2) is 31.8 Å². The van der Waals surface area contributed by atoms with Crippen molar-refractivity contribution >= 4 is 6.21 Å². The van der Waals surface area contributed by atoms with Gasteiger partial charge in [0.25, 0.3) is 0 Å². The number of rotatable bonds is 2. The van der Waals surface area contributed by atoms with Gasteiger partial charge in [-0.25, -0.2) is 0 Å². The molecule has 0 amide bonds. The standard InChI is InChI=1S/C18H22N2/c1-20(2)12-10-15-9-11-19-18-13-16-6-4-3-5-14(16)7-8-17(15)18/h3-6,10-11H,7-9,12-13H2,1-2H3. The molecule has 1 aliphatic heterocycles. The van der Waals surface area contributed by atoms with E-state index in [0.717, 1.165) is 32.2 Å². The zero-order chi connectivity index (χ0) is 13.9. The molecular formula is C18H22N2. The number of aliphatic imine (C=N–C) groups is 1. The number of benzene rings is 1. The van der Waals surface area contributed by atoms with Crippen LogP contribution in [0.4, 0.5) is 0 Å². The van der Waals surface area contributed by atoms with E-state index in [9.17, 15) is 0 Å². The topological polar surface area (TPSA) is 15.6 Å². The van der Waals surface area contributed by atoms with E-state index in [4.69, 9.17) is 0 Å². The molecule has 0 N–H and O–H groups in total. The first kappa shape index (κ1) is 13.3. The molecule has 2 aliphatic rings. The van der Waals surface area contributed by atoms with Gasteiger partial charge in [-0.05, 0) is 49.2 Å². The number of nitrogens with zero attached hydrogens (tertiary/aromatic N) is 2. The molecule has 1 heterocycles. The summed E-state index contributed by atoms with van der Waals surface area (Å²) in [6.45, 7) is 1.01. The average Bonchev–Trinajstić information content (AvgIpc) is 2.64. The monoisotopic (exact) mass is 266 g/mol. The van der Waals surface area contributed by atoms with E-state index in [1.54, 1.807) is 0 Å². The van der Waals surface area contributed by atoms with Crippen LogP contribution in [0.15, 0.2) is 52.2 Å². The Balaban J connectivity index is 1.91. The third-order valence-electron chi connectivity index (χ3n) is 4.12. The van der Waals surface area contributed by atoms with Crippen LogP contribution in [0.25, 0.3) is 0 Å². The Morgan fingerprint density at radius 2 is 1.95 bits per heavy atom. The summed E-state index contributed by atoms with van der Waals surface area (Å²) in [6.07, 6.45) is 8.70. The molecule has 1 aromatic carbocycles. The Hall–Kier alpha value is -1.67. The minimum absolute atomic E-state index is 0.987. The van der Waals surface area contributed by atoms with Crippen molar-refractivity contribution in [3.8, 4) is 0 Å². The first-order valence-corrected chi connectivity index (χ1v) is 7.39. The third kappa shape index (κ3) is 2.75. The molecule has 104 valence electrons. The molecule has 3 rings (SSSR count). The molecule has 0 bridgehead atoms. The van der Waals surface area contributed by atoms with E-state index >= 15 is 0 Å². The van der Waals surface area contributed by atoms with Gasteiger partial charge >= 0.3 is 0 Å². The molecule has 20 heavy (non-hydrogen) atoms. The maximum atomic E-state index is 4.69. The quantitative estimate of drug-likeness (QED) is 0.801. The van der Waals surface area contributed by atoms with Gasteiger partial charge in [-0.2, -0.15) is 0 Å². The predicted octanol–water partition coefficient (Wildman–Crippen LogP) is 3.39. The van der Waals surface area contributed by atoms with Crippen molar-refractivity contribution in [3.63, 3.8) is 0 Å². The van der Waals surface area contributed by atoms with Crippen LogP contribution in [-0.2, 0) is 12.8 Å². The van der Waals surface area contributed by atoms with Crippen LogP contribution in [0.3, 0.4) is 0 Å². The zero-order valence-corrected chi connectivity index (χ0v) is 12.4. The summed E-state index contributed by atoms with van der Waals surface area (Å²) in [5.41, 5.74) is 7.20. The summed E-state index contributed by atoms with van der Waals surface area (Å²) in [5.74, 6) is 0. The number of allylic oxidation sites excluding steroid dienone is 3. The fourth-order valence-electron chi connectivity index (χ4n) is 3.01. The molecule has 1 aromatic rings. The minimum Gasteiger partial charge on any atom is -0.306 e. The Kier molecular flexibility index (Phi) is 3.83. The second-order valence-corrected chi connectivity index (χ2v) is 5.88. The Bertz CT molecular complexity index is 591. The molecule has 0 saturated heterocycles. The van der Waals surface area contributed by atoms with Crippen molar-refractivity contribution in [2.75, 3.05) is 20.6 Å². The summed E-state index contributed by atoms with van der Waals surface area (Å²) in [6, 6.07) is 8.80. The Morgan fingerprint density at radius 3 is 2.75 bits per heavy atom. The fourth-order valence-corrected chi connectivity index (χ4v) is 3.01. The van der Waals surface area contributed by atoms with E-state index in [1.165, 1.54) is 28.0 Å². The fraction of sp³-hybridized carbons (Fsp3) is 0.389. The zero-order valence-electron chi connectivity index (χ0n) is 12.4. The summed E-state index contributed by atoms with van der Waals surface area (Å²) in [7, 11) is 4.23. The van der Waals surface area contributed by atoms with Gasteiger partial charge in [-0.15, -0.1) is 0 Å². The first-order chi connectivity index (χ1) is 9.74. The van der Waals surface area contributed by atoms with Crippen LogP contribution in [0.5, 0.6) is 0 Å². The highest BCUT2D eigenvalue weighted by Gasteiger charge is 2.19. The molecule has 0 aromatic heterocycles.